The Morgan fingerprint density at radius 3 is 2.26 bits per heavy atom. The van der Waals surface area contributed by atoms with E-state index >= 15 is 0 Å². The first kappa shape index (κ1) is 24.7. The van der Waals surface area contributed by atoms with Crippen LogP contribution in [-0.4, -0.2) is 69.7 Å². The van der Waals surface area contributed by atoms with E-state index in [-0.39, 0.29) is 16.9 Å². The number of ether oxygens (including phenoxy) is 2. The molecular weight excluding hydrogens is 472 g/mol. The van der Waals surface area contributed by atoms with Gasteiger partial charge in [0.05, 0.1) is 36.6 Å². The van der Waals surface area contributed by atoms with Crippen molar-refractivity contribution in [2.24, 2.45) is 0 Å². The van der Waals surface area contributed by atoms with Crippen molar-refractivity contribution in [3.63, 3.8) is 0 Å². The molecule has 186 valence electrons. The lowest BCUT2D eigenvalue weighted by Crippen LogP contribution is -2.37. The van der Waals surface area contributed by atoms with Crippen molar-refractivity contribution in [1.82, 2.24) is 4.90 Å². The minimum atomic E-state index is -3.57. The molecule has 2 aromatic rings. The molecule has 0 aromatic heterocycles. The number of fused-ring (bicyclic) bond motifs is 1. The molecule has 35 heavy (non-hydrogen) atoms. The van der Waals surface area contributed by atoms with Crippen molar-refractivity contribution in [3.05, 3.63) is 53.1 Å². The number of carbonyl (C=O) groups is 3. The van der Waals surface area contributed by atoms with E-state index in [4.69, 9.17) is 9.47 Å². The number of nitrogens with zero attached hydrogens (tertiary/aromatic N) is 2. The molecule has 0 N–H and O–H groups in total. The molecule has 2 aliphatic heterocycles. The SMILES string of the molecule is CCOc1cc([C@@H](CS(C)(=O)=O)N2C(=O)c3ccc(N4CCC(=O)CC4)cc3C2=O)ccc1OC. The maximum atomic E-state index is 13.5. The highest BCUT2D eigenvalue weighted by Gasteiger charge is 2.42. The van der Waals surface area contributed by atoms with Gasteiger partial charge >= 0.3 is 0 Å². The Morgan fingerprint density at radius 1 is 0.943 bits per heavy atom. The normalized spacial score (nSPS) is 16.9. The molecule has 9 nitrogen and oxygen atoms in total. The lowest BCUT2D eigenvalue weighted by molar-refractivity contribution is -0.119. The molecule has 0 unspecified atom stereocenters. The Hall–Kier alpha value is -3.40. The molecular formula is C25H28N2O7S. The zero-order valence-electron chi connectivity index (χ0n) is 19.9. The number of methoxy groups -OCH3 is 1. The summed E-state index contributed by atoms with van der Waals surface area (Å²) < 4.78 is 35.6. The predicted molar refractivity (Wildman–Crippen MR) is 130 cm³/mol. The van der Waals surface area contributed by atoms with Gasteiger partial charge in [-0.15, -0.1) is 0 Å². The molecule has 1 fully saturated rings. The van der Waals surface area contributed by atoms with Crippen LogP contribution in [-0.2, 0) is 14.6 Å². The van der Waals surface area contributed by atoms with Gasteiger partial charge in [0.2, 0.25) is 0 Å². The average molecular weight is 501 g/mol. The van der Waals surface area contributed by atoms with Crippen LogP contribution in [0, 0.1) is 0 Å². The summed E-state index contributed by atoms with van der Waals surface area (Å²) in [6, 6.07) is 8.84. The zero-order chi connectivity index (χ0) is 25.3. The van der Waals surface area contributed by atoms with Crippen molar-refractivity contribution >= 4 is 33.1 Å². The summed E-state index contributed by atoms with van der Waals surface area (Å²) in [5, 5.41) is 0. The maximum absolute atomic E-state index is 13.5. The molecule has 0 spiro atoms. The van der Waals surface area contributed by atoms with Gasteiger partial charge in [-0.05, 0) is 42.8 Å². The lowest BCUT2D eigenvalue weighted by Gasteiger charge is -2.28. The average Bonchev–Trinajstić information content (AvgIpc) is 3.07. The van der Waals surface area contributed by atoms with Crippen LogP contribution < -0.4 is 14.4 Å². The van der Waals surface area contributed by atoms with Gasteiger partial charge in [0.15, 0.2) is 11.5 Å². The zero-order valence-corrected chi connectivity index (χ0v) is 20.8. The number of Topliss-reactive ketones (excluding diaryl/α,β-unsaturated/α-hetero) is 1. The Morgan fingerprint density at radius 2 is 1.63 bits per heavy atom. The minimum absolute atomic E-state index is 0.203. The fraction of sp³-hybridized carbons (Fsp3) is 0.400. The Bertz CT molecular complexity index is 1280. The fourth-order valence-corrected chi connectivity index (χ4v) is 5.43. The number of rotatable bonds is 8. The van der Waals surface area contributed by atoms with E-state index < -0.39 is 33.4 Å². The number of hydrogen-bond acceptors (Lipinski definition) is 8. The summed E-state index contributed by atoms with van der Waals surface area (Å²) in [5.74, 6) is -0.480. The largest absolute Gasteiger partial charge is 0.493 e. The summed E-state index contributed by atoms with van der Waals surface area (Å²) in [6.45, 7) is 3.26. The number of amides is 2. The van der Waals surface area contributed by atoms with E-state index in [1.165, 1.54) is 7.11 Å². The van der Waals surface area contributed by atoms with Gasteiger partial charge in [0.1, 0.15) is 15.6 Å². The second-order valence-electron chi connectivity index (χ2n) is 8.69. The molecule has 0 saturated carbocycles. The number of hydrogen-bond donors (Lipinski definition) is 0. The van der Waals surface area contributed by atoms with Crippen LogP contribution in [0.4, 0.5) is 5.69 Å². The summed E-state index contributed by atoms with van der Waals surface area (Å²) in [7, 11) is -2.08. The molecule has 4 rings (SSSR count). The van der Waals surface area contributed by atoms with Gasteiger partial charge in [-0.1, -0.05) is 6.07 Å². The number of imide groups is 1. The molecule has 0 radical (unpaired) electrons. The topological polar surface area (TPSA) is 110 Å². The number of benzene rings is 2. The summed E-state index contributed by atoms with van der Waals surface area (Å²) >= 11 is 0. The first-order valence-corrected chi connectivity index (χ1v) is 13.5. The molecule has 2 heterocycles. The third kappa shape index (κ3) is 5.02. The van der Waals surface area contributed by atoms with Gasteiger partial charge in [0.25, 0.3) is 11.8 Å². The Labute approximate surface area is 204 Å². The highest BCUT2D eigenvalue weighted by Crippen LogP contribution is 2.37. The molecule has 0 aliphatic carbocycles. The number of sulfone groups is 1. The minimum Gasteiger partial charge on any atom is -0.493 e. The highest BCUT2D eigenvalue weighted by atomic mass is 32.2. The quantitative estimate of drug-likeness (QED) is 0.509. The number of carbonyl (C=O) groups excluding carboxylic acids is 3. The molecule has 1 saturated heterocycles. The van der Waals surface area contributed by atoms with Crippen LogP contribution in [0.2, 0.25) is 0 Å². The molecule has 10 heteroatoms. The van der Waals surface area contributed by atoms with E-state index in [0.717, 1.165) is 16.8 Å². The van der Waals surface area contributed by atoms with Crippen LogP contribution in [0.1, 0.15) is 52.1 Å². The molecule has 2 aliphatic rings. The van der Waals surface area contributed by atoms with Gasteiger partial charge in [0, 0.05) is 37.9 Å². The van der Waals surface area contributed by atoms with E-state index in [9.17, 15) is 22.8 Å². The monoisotopic (exact) mass is 500 g/mol. The summed E-state index contributed by atoms with van der Waals surface area (Å²) in [4.78, 5) is 41.5. The van der Waals surface area contributed by atoms with E-state index in [2.05, 4.69) is 0 Å². The fourth-order valence-electron chi connectivity index (χ4n) is 4.52. The van der Waals surface area contributed by atoms with Crippen LogP contribution in [0.3, 0.4) is 0 Å². The molecule has 2 aromatic carbocycles. The first-order chi connectivity index (χ1) is 16.6. The Balaban J connectivity index is 1.72. The van der Waals surface area contributed by atoms with Crippen molar-refractivity contribution in [3.8, 4) is 11.5 Å². The van der Waals surface area contributed by atoms with Crippen molar-refractivity contribution in [2.75, 3.05) is 43.7 Å². The summed E-state index contributed by atoms with van der Waals surface area (Å²) in [6.07, 6.45) is 1.94. The predicted octanol–water partition coefficient (Wildman–Crippen LogP) is 2.65. The van der Waals surface area contributed by atoms with Crippen LogP contribution in [0.25, 0.3) is 0 Å². The van der Waals surface area contributed by atoms with Gasteiger partial charge in [-0.25, -0.2) is 8.42 Å². The van der Waals surface area contributed by atoms with Crippen LogP contribution >= 0.6 is 0 Å². The van der Waals surface area contributed by atoms with E-state index in [1.54, 1.807) is 43.3 Å². The number of anilines is 1. The third-order valence-electron chi connectivity index (χ3n) is 6.23. The number of ketones is 1. The van der Waals surface area contributed by atoms with Crippen molar-refractivity contribution in [2.45, 2.75) is 25.8 Å². The smallest absolute Gasteiger partial charge is 0.262 e. The lowest BCUT2D eigenvalue weighted by atomic mass is 10.1. The van der Waals surface area contributed by atoms with E-state index in [0.29, 0.717) is 49.6 Å². The van der Waals surface area contributed by atoms with Crippen LogP contribution in [0.5, 0.6) is 11.5 Å². The first-order valence-electron chi connectivity index (χ1n) is 11.4. The second kappa shape index (κ2) is 9.69. The molecule has 1 atom stereocenters. The van der Waals surface area contributed by atoms with Crippen molar-refractivity contribution in [1.29, 1.82) is 0 Å². The van der Waals surface area contributed by atoms with E-state index in [1.807, 2.05) is 4.90 Å². The van der Waals surface area contributed by atoms with Gasteiger partial charge in [-0.2, -0.15) is 0 Å². The van der Waals surface area contributed by atoms with Gasteiger partial charge in [-0.3, -0.25) is 19.3 Å². The van der Waals surface area contributed by atoms with Crippen molar-refractivity contribution < 1.29 is 32.3 Å². The highest BCUT2D eigenvalue weighted by molar-refractivity contribution is 7.90. The molecule has 2 amide bonds. The molecule has 0 bridgehead atoms. The third-order valence-corrected chi connectivity index (χ3v) is 7.15. The maximum Gasteiger partial charge on any atom is 0.262 e. The summed E-state index contributed by atoms with van der Waals surface area (Å²) in [5.41, 5.74) is 1.65. The Kier molecular flexibility index (Phi) is 6.84. The van der Waals surface area contributed by atoms with Gasteiger partial charge < -0.3 is 14.4 Å². The number of piperidine rings is 1. The second-order valence-corrected chi connectivity index (χ2v) is 10.9. The standard InChI is InChI=1S/C25H28N2O7S/c1-4-34-23-13-16(5-8-22(23)33-2)21(15-35(3,31)32)27-24(29)19-7-6-17(14-20(19)25(27)30)26-11-9-18(28)10-12-26/h5-8,13-14,21H,4,9-12,15H2,1-3H3/t21-/m1/s1. The van der Waals surface area contributed by atoms with Crippen LogP contribution in [0.15, 0.2) is 36.4 Å².